The molecule has 0 amide bonds. The molecule has 0 saturated heterocycles. The molecule has 2 rings (SSSR count). The van der Waals surface area contributed by atoms with E-state index < -0.39 is 11.5 Å². The number of rotatable bonds is 4. The van der Waals surface area contributed by atoms with Crippen LogP contribution in [0.2, 0.25) is 0 Å². The quantitative estimate of drug-likeness (QED) is 0.614. The summed E-state index contributed by atoms with van der Waals surface area (Å²) in [7, 11) is 2.70. The van der Waals surface area contributed by atoms with E-state index in [0.29, 0.717) is 22.9 Å². The predicted molar refractivity (Wildman–Crippen MR) is 72.2 cm³/mol. The van der Waals surface area contributed by atoms with E-state index in [1.165, 1.54) is 24.9 Å². The van der Waals surface area contributed by atoms with Crippen molar-refractivity contribution in [3.63, 3.8) is 0 Å². The minimum atomic E-state index is -0.729. The Kier molecular flexibility index (Phi) is 3.84. The molecule has 104 valence electrons. The van der Waals surface area contributed by atoms with E-state index in [0.717, 1.165) is 0 Å². The monoisotopic (exact) mass is 275 g/mol. The number of carbonyl (C=O) groups is 2. The van der Waals surface area contributed by atoms with Crippen LogP contribution in [-0.2, 0) is 16.1 Å². The van der Waals surface area contributed by atoms with Gasteiger partial charge in [0, 0.05) is 6.07 Å². The summed E-state index contributed by atoms with van der Waals surface area (Å²) in [5, 5.41) is 0.646. The van der Waals surface area contributed by atoms with Gasteiger partial charge in [0.05, 0.1) is 26.3 Å². The van der Waals surface area contributed by atoms with Crippen LogP contribution in [0.5, 0.6) is 5.75 Å². The van der Waals surface area contributed by atoms with E-state index in [9.17, 15) is 14.4 Å². The second-order valence-corrected chi connectivity index (χ2v) is 4.06. The van der Waals surface area contributed by atoms with Crippen molar-refractivity contribution in [2.45, 2.75) is 6.54 Å². The molecular formula is C14H13NO5. The number of hydrogen-bond donors (Lipinski definition) is 0. The zero-order chi connectivity index (χ0) is 14.7. The van der Waals surface area contributed by atoms with Crippen LogP contribution in [-0.4, -0.2) is 31.0 Å². The SMILES string of the molecule is COC(=O)c1cc2ccc(OC)cc2n(CC=O)c1=O. The number of fused-ring (bicyclic) bond motifs is 1. The molecule has 0 saturated carbocycles. The number of hydrogen-bond acceptors (Lipinski definition) is 5. The second kappa shape index (κ2) is 5.56. The topological polar surface area (TPSA) is 74.6 Å². The molecule has 1 heterocycles. The number of benzene rings is 1. The van der Waals surface area contributed by atoms with Crippen LogP contribution >= 0.6 is 0 Å². The maximum atomic E-state index is 12.2. The van der Waals surface area contributed by atoms with Crippen molar-refractivity contribution in [2.24, 2.45) is 0 Å². The van der Waals surface area contributed by atoms with Crippen LogP contribution in [0.25, 0.3) is 10.9 Å². The molecule has 0 fully saturated rings. The normalized spacial score (nSPS) is 10.3. The van der Waals surface area contributed by atoms with E-state index >= 15 is 0 Å². The van der Waals surface area contributed by atoms with E-state index in [1.807, 2.05) is 0 Å². The van der Waals surface area contributed by atoms with Crippen molar-refractivity contribution in [2.75, 3.05) is 14.2 Å². The molecule has 0 aliphatic heterocycles. The third-order valence-corrected chi connectivity index (χ3v) is 2.97. The first-order chi connectivity index (χ1) is 9.62. The fraction of sp³-hybridized carbons (Fsp3) is 0.214. The van der Waals surface area contributed by atoms with Gasteiger partial charge in [0.1, 0.15) is 17.6 Å². The lowest BCUT2D eigenvalue weighted by Gasteiger charge is -2.11. The largest absolute Gasteiger partial charge is 0.497 e. The number of aldehydes is 1. The van der Waals surface area contributed by atoms with Gasteiger partial charge in [-0.15, -0.1) is 0 Å². The van der Waals surface area contributed by atoms with Gasteiger partial charge in [0.15, 0.2) is 0 Å². The van der Waals surface area contributed by atoms with Crippen LogP contribution < -0.4 is 10.3 Å². The number of carbonyl (C=O) groups excluding carboxylic acids is 2. The van der Waals surface area contributed by atoms with E-state index in [2.05, 4.69) is 4.74 Å². The number of aromatic nitrogens is 1. The Morgan fingerprint density at radius 2 is 2.05 bits per heavy atom. The predicted octanol–water partition coefficient (Wildman–Crippen LogP) is 0.996. The lowest BCUT2D eigenvalue weighted by molar-refractivity contribution is -0.108. The summed E-state index contributed by atoms with van der Waals surface area (Å²) >= 11 is 0. The Labute approximate surface area is 114 Å². The lowest BCUT2D eigenvalue weighted by atomic mass is 10.1. The van der Waals surface area contributed by atoms with E-state index in [1.54, 1.807) is 18.2 Å². The van der Waals surface area contributed by atoms with Gasteiger partial charge in [0.2, 0.25) is 0 Å². The van der Waals surface area contributed by atoms with Gasteiger partial charge in [-0.2, -0.15) is 0 Å². The van der Waals surface area contributed by atoms with E-state index in [-0.39, 0.29) is 12.1 Å². The molecular weight excluding hydrogens is 262 g/mol. The van der Waals surface area contributed by atoms with Gasteiger partial charge in [-0.05, 0) is 23.6 Å². The minimum absolute atomic E-state index is 0.105. The summed E-state index contributed by atoms with van der Waals surface area (Å²) < 4.78 is 10.9. The van der Waals surface area contributed by atoms with Crippen LogP contribution in [0.15, 0.2) is 29.1 Å². The molecule has 0 bridgehead atoms. The van der Waals surface area contributed by atoms with Gasteiger partial charge in [0.25, 0.3) is 5.56 Å². The second-order valence-electron chi connectivity index (χ2n) is 4.06. The van der Waals surface area contributed by atoms with Crippen LogP contribution in [0.1, 0.15) is 10.4 Å². The molecule has 0 atom stereocenters. The summed E-state index contributed by atoms with van der Waals surface area (Å²) in [6, 6.07) is 6.51. The standard InChI is InChI=1S/C14H13NO5/c1-19-10-4-3-9-7-11(14(18)20-2)13(17)15(5-6-16)12(9)8-10/h3-4,6-8H,5H2,1-2H3. The average Bonchev–Trinajstić information content (AvgIpc) is 2.48. The Morgan fingerprint density at radius 3 is 2.65 bits per heavy atom. The van der Waals surface area contributed by atoms with Crippen LogP contribution in [0.4, 0.5) is 0 Å². The van der Waals surface area contributed by atoms with Gasteiger partial charge < -0.3 is 18.8 Å². The zero-order valence-corrected chi connectivity index (χ0v) is 11.1. The molecule has 0 N–H and O–H groups in total. The third kappa shape index (κ3) is 2.27. The van der Waals surface area contributed by atoms with Crippen molar-refractivity contribution in [3.05, 3.63) is 40.2 Å². The van der Waals surface area contributed by atoms with Crippen LogP contribution in [0, 0.1) is 0 Å². The molecule has 20 heavy (non-hydrogen) atoms. The Morgan fingerprint density at radius 1 is 1.30 bits per heavy atom. The molecule has 6 heteroatoms. The number of nitrogens with zero attached hydrogens (tertiary/aromatic N) is 1. The zero-order valence-electron chi connectivity index (χ0n) is 11.1. The van der Waals surface area contributed by atoms with Gasteiger partial charge in [-0.25, -0.2) is 4.79 Å². The summed E-state index contributed by atoms with van der Waals surface area (Å²) in [5.41, 5.74) is -0.147. The van der Waals surface area contributed by atoms with Crippen molar-refractivity contribution in [3.8, 4) is 5.75 Å². The fourth-order valence-electron chi connectivity index (χ4n) is 1.99. The number of ether oxygens (including phenoxy) is 2. The van der Waals surface area contributed by atoms with E-state index in [4.69, 9.17) is 4.74 Å². The molecule has 0 spiro atoms. The Balaban J connectivity index is 2.83. The highest BCUT2D eigenvalue weighted by Gasteiger charge is 2.16. The Hall–Kier alpha value is -2.63. The van der Waals surface area contributed by atoms with Crippen molar-refractivity contribution < 1.29 is 19.1 Å². The Bertz CT molecular complexity index is 732. The third-order valence-electron chi connectivity index (χ3n) is 2.97. The van der Waals surface area contributed by atoms with Gasteiger partial charge >= 0.3 is 5.97 Å². The lowest BCUT2D eigenvalue weighted by Crippen LogP contribution is -2.27. The number of pyridine rings is 1. The maximum absolute atomic E-state index is 12.2. The van der Waals surface area contributed by atoms with Gasteiger partial charge in [-0.3, -0.25) is 4.79 Å². The van der Waals surface area contributed by atoms with Crippen molar-refractivity contribution in [1.29, 1.82) is 0 Å². The smallest absolute Gasteiger partial charge is 0.343 e. The molecule has 0 radical (unpaired) electrons. The minimum Gasteiger partial charge on any atom is -0.497 e. The van der Waals surface area contributed by atoms with Gasteiger partial charge in [-0.1, -0.05) is 0 Å². The van der Waals surface area contributed by atoms with Crippen molar-refractivity contribution in [1.82, 2.24) is 4.57 Å². The molecule has 0 aliphatic carbocycles. The molecule has 1 aromatic heterocycles. The summed E-state index contributed by atoms with van der Waals surface area (Å²) in [6.45, 7) is -0.146. The number of esters is 1. The molecule has 2 aromatic rings. The van der Waals surface area contributed by atoms with Crippen molar-refractivity contribution >= 4 is 23.2 Å². The first kappa shape index (κ1) is 13.8. The summed E-state index contributed by atoms with van der Waals surface area (Å²) in [4.78, 5) is 34.6. The summed E-state index contributed by atoms with van der Waals surface area (Å²) in [5.74, 6) is -0.172. The summed E-state index contributed by atoms with van der Waals surface area (Å²) in [6.07, 6.45) is 0.599. The highest BCUT2D eigenvalue weighted by atomic mass is 16.5. The maximum Gasteiger partial charge on any atom is 0.343 e. The molecule has 0 unspecified atom stereocenters. The average molecular weight is 275 g/mol. The first-order valence-corrected chi connectivity index (χ1v) is 5.86. The molecule has 1 aromatic carbocycles. The van der Waals surface area contributed by atoms with Crippen LogP contribution in [0.3, 0.4) is 0 Å². The fourth-order valence-corrected chi connectivity index (χ4v) is 1.99. The molecule has 0 aliphatic rings. The highest BCUT2D eigenvalue weighted by Crippen LogP contribution is 2.20. The number of methoxy groups -OCH3 is 2. The first-order valence-electron chi connectivity index (χ1n) is 5.86. The molecule has 6 nitrogen and oxygen atoms in total. The highest BCUT2D eigenvalue weighted by molar-refractivity contribution is 5.94.